The van der Waals surface area contributed by atoms with Gasteiger partial charge in [-0.2, -0.15) is 0 Å². The molecule has 2 aliphatic rings. The second-order valence-electron chi connectivity index (χ2n) is 7.46. The van der Waals surface area contributed by atoms with Crippen LogP contribution in [0.25, 0.3) is 0 Å². The van der Waals surface area contributed by atoms with Crippen LogP contribution in [0.5, 0.6) is 0 Å². The molecule has 0 saturated heterocycles. The highest BCUT2D eigenvalue weighted by molar-refractivity contribution is 9.10. The van der Waals surface area contributed by atoms with Crippen LogP contribution in [-0.4, -0.2) is 6.21 Å². The largest absolute Gasteiger partial charge is 0.378 e. The molecule has 3 atom stereocenters. The first-order valence-corrected chi connectivity index (χ1v) is 10.5. The molecule has 28 heavy (non-hydrogen) atoms. The van der Waals surface area contributed by atoms with E-state index >= 15 is 0 Å². The minimum Gasteiger partial charge on any atom is -0.378 e. The van der Waals surface area contributed by atoms with Crippen molar-refractivity contribution in [1.82, 2.24) is 0 Å². The van der Waals surface area contributed by atoms with Crippen molar-refractivity contribution in [3.05, 3.63) is 106 Å². The van der Waals surface area contributed by atoms with Crippen molar-refractivity contribution in [3.8, 4) is 0 Å². The first-order valence-electron chi connectivity index (χ1n) is 9.70. The van der Waals surface area contributed by atoms with Gasteiger partial charge in [0, 0.05) is 22.3 Å². The van der Waals surface area contributed by atoms with E-state index in [0.29, 0.717) is 17.9 Å². The highest BCUT2D eigenvalue weighted by Crippen LogP contribution is 2.49. The average Bonchev–Trinajstić information content (AvgIpc) is 3.23. The van der Waals surface area contributed by atoms with Gasteiger partial charge in [-0.3, -0.25) is 4.99 Å². The van der Waals surface area contributed by atoms with Gasteiger partial charge in [0.05, 0.1) is 11.7 Å². The Hall–Kier alpha value is -2.65. The van der Waals surface area contributed by atoms with Crippen molar-refractivity contribution in [2.75, 3.05) is 5.32 Å². The van der Waals surface area contributed by atoms with Crippen molar-refractivity contribution in [1.29, 1.82) is 0 Å². The van der Waals surface area contributed by atoms with Gasteiger partial charge in [-0.15, -0.1) is 0 Å². The van der Waals surface area contributed by atoms with Crippen molar-refractivity contribution in [3.63, 3.8) is 0 Å². The van der Waals surface area contributed by atoms with E-state index in [1.165, 1.54) is 16.8 Å². The van der Waals surface area contributed by atoms with Gasteiger partial charge in [0.2, 0.25) is 0 Å². The standard InChI is InChI=1S/C25H21BrN2/c26-19-12-8-17(9-13-19)16-27-20-14-10-18(11-15-20)25-23-6-3-5-21(23)22-4-1-2-7-24(22)28-25/h1-5,7-16,21,23,25,28H,6H2/t21-,23-,25-/m0/s1. The summed E-state index contributed by atoms with van der Waals surface area (Å²) in [4.78, 5) is 4.62. The Labute approximate surface area is 174 Å². The lowest BCUT2D eigenvalue weighted by molar-refractivity contribution is 0.425. The summed E-state index contributed by atoms with van der Waals surface area (Å²) >= 11 is 3.46. The molecule has 0 unspecified atom stereocenters. The van der Waals surface area contributed by atoms with Crippen LogP contribution < -0.4 is 5.32 Å². The predicted octanol–water partition coefficient (Wildman–Crippen LogP) is 7.03. The Morgan fingerprint density at radius 3 is 2.54 bits per heavy atom. The summed E-state index contributed by atoms with van der Waals surface area (Å²) in [6, 6.07) is 25.9. The Kier molecular flexibility index (Phi) is 4.61. The van der Waals surface area contributed by atoms with Crippen LogP contribution in [0, 0.1) is 5.92 Å². The number of anilines is 1. The van der Waals surface area contributed by atoms with Gasteiger partial charge in [0.25, 0.3) is 0 Å². The van der Waals surface area contributed by atoms with E-state index in [2.05, 4.69) is 99.1 Å². The minimum atomic E-state index is 0.333. The van der Waals surface area contributed by atoms with E-state index in [9.17, 15) is 0 Å². The molecule has 0 saturated carbocycles. The summed E-state index contributed by atoms with van der Waals surface area (Å²) in [5.74, 6) is 1.09. The number of hydrogen-bond donors (Lipinski definition) is 1. The summed E-state index contributed by atoms with van der Waals surface area (Å²) in [6.07, 6.45) is 7.75. The third kappa shape index (κ3) is 3.31. The van der Waals surface area contributed by atoms with Crippen molar-refractivity contribution in [2.45, 2.75) is 18.4 Å². The number of nitrogens with one attached hydrogen (secondary N) is 1. The predicted molar refractivity (Wildman–Crippen MR) is 121 cm³/mol. The average molecular weight is 429 g/mol. The minimum absolute atomic E-state index is 0.333. The maximum Gasteiger partial charge on any atom is 0.0630 e. The number of benzene rings is 3. The molecule has 0 bridgehead atoms. The molecule has 0 radical (unpaired) electrons. The number of para-hydroxylation sites is 1. The molecule has 2 nitrogen and oxygen atoms in total. The zero-order valence-electron chi connectivity index (χ0n) is 15.4. The quantitative estimate of drug-likeness (QED) is 0.351. The summed E-state index contributed by atoms with van der Waals surface area (Å²) < 4.78 is 1.08. The first kappa shape index (κ1) is 17.4. The second kappa shape index (κ2) is 7.40. The normalized spacial score (nSPS) is 22.7. The van der Waals surface area contributed by atoms with Gasteiger partial charge in [-0.05, 0) is 59.4 Å². The van der Waals surface area contributed by atoms with E-state index in [0.717, 1.165) is 22.1 Å². The lowest BCUT2D eigenvalue weighted by atomic mass is 9.77. The number of aliphatic imine (C=N–C) groups is 1. The third-order valence-corrected chi connectivity index (χ3v) is 6.29. The molecule has 1 heterocycles. The molecule has 3 aromatic rings. The Morgan fingerprint density at radius 1 is 0.929 bits per heavy atom. The highest BCUT2D eigenvalue weighted by atomic mass is 79.9. The molecule has 3 aromatic carbocycles. The molecule has 0 amide bonds. The molecule has 5 rings (SSSR count). The monoisotopic (exact) mass is 428 g/mol. The number of nitrogens with zero attached hydrogens (tertiary/aromatic N) is 1. The number of halogens is 1. The summed E-state index contributed by atoms with van der Waals surface area (Å²) in [5, 5.41) is 3.78. The van der Waals surface area contributed by atoms with Crippen LogP contribution in [-0.2, 0) is 0 Å². The molecule has 1 aliphatic heterocycles. The molecule has 1 aliphatic carbocycles. The van der Waals surface area contributed by atoms with Gasteiger partial charge in [-0.1, -0.05) is 70.5 Å². The maximum atomic E-state index is 4.62. The SMILES string of the molecule is Brc1ccc(C=Nc2ccc([C@@H]3Nc4ccccc4[C@@H]4C=CC[C@@H]43)cc2)cc1. The van der Waals surface area contributed by atoms with Crippen LogP contribution >= 0.6 is 15.9 Å². The van der Waals surface area contributed by atoms with E-state index in [1.54, 1.807) is 0 Å². The first-order chi connectivity index (χ1) is 13.8. The van der Waals surface area contributed by atoms with Crippen LogP contribution in [0.3, 0.4) is 0 Å². The van der Waals surface area contributed by atoms with Crippen molar-refractivity contribution >= 4 is 33.5 Å². The van der Waals surface area contributed by atoms with E-state index in [1.807, 2.05) is 18.3 Å². The fourth-order valence-electron chi connectivity index (χ4n) is 4.34. The molecular formula is C25H21BrN2. The fraction of sp³-hybridized carbons (Fsp3) is 0.160. The molecule has 0 spiro atoms. The Morgan fingerprint density at radius 2 is 1.71 bits per heavy atom. The second-order valence-corrected chi connectivity index (χ2v) is 8.38. The van der Waals surface area contributed by atoms with Gasteiger partial charge in [-0.25, -0.2) is 0 Å². The maximum absolute atomic E-state index is 4.62. The number of hydrogen-bond acceptors (Lipinski definition) is 2. The number of allylic oxidation sites excluding steroid dienone is 2. The van der Waals surface area contributed by atoms with Crippen LogP contribution in [0.15, 0.2) is 94.4 Å². The lowest BCUT2D eigenvalue weighted by Crippen LogP contribution is -2.28. The van der Waals surface area contributed by atoms with Crippen molar-refractivity contribution < 1.29 is 0 Å². The fourth-order valence-corrected chi connectivity index (χ4v) is 4.60. The lowest BCUT2D eigenvalue weighted by Gasteiger charge is -2.37. The smallest absolute Gasteiger partial charge is 0.0630 e. The molecule has 3 heteroatoms. The third-order valence-electron chi connectivity index (χ3n) is 5.76. The van der Waals surface area contributed by atoms with E-state index < -0.39 is 0 Å². The summed E-state index contributed by atoms with van der Waals surface area (Å²) in [7, 11) is 0. The van der Waals surface area contributed by atoms with Gasteiger partial charge < -0.3 is 5.32 Å². The van der Waals surface area contributed by atoms with E-state index in [4.69, 9.17) is 0 Å². The highest BCUT2D eigenvalue weighted by Gasteiger charge is 2.37. The number of fused-ring (bicyclic) bond motifs is 3. The molecular weight excluding hydrogens is 408 g/mol. The molecule has 0 fully saturated rings. The van der Waals surface area contributed by atoms with E-state index in [-0.39, 0.29) is 0 Å². The van der Waals surface area contributed by atoms with Gasteiger partial charge >= 0.3 is 0 Å². The zero-order valence-corrected chi connectivity index (χ0v) is 17.0. The molecule has 0 aromatic heterocycles. The van der Waals surface area contributed by atoms with Gasteiger partial charge in [0.15, 0.2) is 0 Å². The van der Waals surface area contributed by atoms with Crippen LogP contribution in [0.1, 0.15) is 35.1 Å². The summed E-state index contributed by atoms with van der Waals surface area (Å²) in [5.41, 5.74) is 6.09. The van der Waals surface area contributed by atoms with Crippen molar-refractivity contribution in [2.24, 2.45) is 10.9 Å². The summed E-state index contributed by atoms with van der Waals surface area (Å²) in [6.45, 7) is 0. The van der Waals surface area contributed by atoms with Crippen LogP contribution in [0.4, 0.5) is 11.4 Å². The Bertz CT molecular complexity index is 1030. The number of rotatable bonds is 3. The Balaban J connectivity index is 1.38. The zero-order chi connectivity index (χ0) is 18.9. The van der Waals surface area contributed by atoms with Gasteiger partial charge in [0.1, 0.15) is 0 Å². The van der Waals surface area contributed by atoms with Crippen LogP contribution in [0.2, 0.25) is 0 Å². The molecule has 138 valence electrons. The molecule has 1 N–H and O–H groups in total. The topological polar surface area (TPSA) is 24.4 Å².